The number of rotatable bonds is 3. The lowest BCUT2D eigenvalue weighted by molar-refractivity contribution is 0.811. The largest absolute Gasteiger partial charge is 0.281 e. The molecule has 2 heteroatoms. The molecule has 0 fully saturated rings. The maximum absolute atomic E-state index is 5.15. The number of aliphatic imine (C=N–C) groups is 1. The third kappa shape index (κ3) is 5.96. The van der Waals surface area contributed by atoms with Crippen molar-refractivity contribution in [2.24, 2.45) is 4.99 Å². The fraction of sp³-hybridized carbons (Fsp3) is 0.800. The zero-order chi connectivity index (χ0) is 5.54. The van der Waals surface area contributed by atoms with Crippen molar-refractivity contribution in [3.05, 3.63) is 0 Å². The van der Waals surface area contributed by atoms with Crippen LogP contribution in [0.5, 0.6) is 0 Å². The second-order valence-electron chi connectivity index (χ2n) is 1.36. The number of nitrogens with zero attached hydrogens (tertiary/aromatic N) is 1. The van der Waals surface area contributed by atoms with Crippen LogP contribution in [-0.2, 0) is 0 Å². The Hall–Kier alpha value is -0.0400. The molecule has 42 valence electrons. The summed E-state index contributed by atoms with van der Waals surface area (Å²) >= 11 is 5.15. The Bertz CT molecular complexity index is 52.0. The zero-order valence-electron chi connectivity index (χ0n) is 4.52. The van der Waals surface area contributed by atoms with E-state index < -0.39 is 0 Å². The Morgan fingerprint density at radius 3 is 2.86 bits per heavy atom. The van der Waals surface area contributed by atoms with E-state index in [-0.39, 0.29) is 0 Å². The molecule has 0 saturated heterocycles. The van der Waals surface area contributed by atoms with Crippen LogP contribution in [0.3, 0.4) is 0 Å². The van der Waals surface area contributed by atoms with Gasteiger partial charge in [0.15, 0.2) is 0 Å². The van der Waals surface area contributed by atoms with Gasteiger partial charge in [-0.3, -0.25) is 4.99 Å². The van der Waals surface area contributed by atoms with E-state index in [0.717, 1.165) is 13.0 Å². The molecule has 0 aliphatic heterocycles. The van der Waals surface area contributed by atoms with Gasteiger partial charge in [-0.1, -0.05) is 24.9 Å². The molecule has 0 saturated carbocycles. The lowest BCUT2D eigenvalue weighted by atomic mass is 10.3. The van der Waals surface area contributed by atoms with E-state index in [1.165, 1.54) is 12.1 Å². The van der Waals surface area contributed by atoms with Crippen LogP contribution in [0.25, 0.3) is 0 Å². The Morgan fingerprint density at radius 2 is 2.43 bits per heavy atom. The molecule has 0 aromatic carbocycles. The highest BCUT2D eigenvalue weighted by molar-refractivity contribution is 6.56. The van der Waals surface area contributed by atoms with Gasteiger partial charge in [-0.05, 0) is 6.42 Å². The van der Waals surface area contributed by atoms with Crippen LogP contribution in [0.1, 0.15) is 19.8 Å². The maximum Gasteiger partial charge on any atom is 0.0871 e. The summed E-state index contributed by atoms with van der Waals surface area (Å²) in [4.78, 5) is 3.80. The van der Waals surface area contributed by atoms with Crippen molar-refractivity contribution in [1.82, 2.24) is 0 Å². The lowest BCUT2D eigenvalue weighted by Gasteiger charge is -1.83. The summed E-state index contributed by atoms with van der Waals surface area (Å²) in [6.07, 6.45) is 2.33. The van der Waals surface area contributed by atoms with Crippen LogP contribution < -0.4 is 0 Å². The van der Waals surface area contributed by atoms with E-state index in [1.807, 2.05) is 0 Å². The first-order valence-corrected chi connectivity index (χ1v) is 2.94. The molecule has 0 aromatic rings. The molecule has 0 unspecified atom stereocenters. The first kappa shape index (κ1) is 6.96. The third-order valence-corrected chi connectivity index (χ3v) is 0.848. The molecular weight excluding hydrogens is 110 g/mol. The van der Waals surface area contributed by atoms with Crippen LogP contribution in [0, 0.1) is 0 Å². The molecule has 0 heterocycles. The van der Waals surface area contributed by atoms with Gasteiger partial charge in [0.25, 0.3) is 0 Å². The first-order chi connectivity index (χ1) is 3.41. The minimum atomic E-state index is 0.875. The third-order valence-electron chi connectivity index (χ3n) is 0.710. The summed E-state index contributed by atoms with van der Waals surface area (Å²) < 4.78 is 0. The van der Waals surface area contributed by atoms with Crippen LogP contribution in [0.4, 0.5) is 0 Å². The minimum absolute atomic E-state index is 0.875. The molecule has 0 N–H and O–H groups in total. The zero-order valence-corrected chi connectivity index (χ0v) is 5.28. The summed E-state index contributed by atoms with van der Waals surface area (Å²) in [5.41, 5.74) is 1.33. The highest BCUT2D eigenvalue weighted by atomic mass is 35.5. The molecule has 7 heavy (non-hydrogen) atoms. The number of hydrogen-bond acceptors (Lipinski definition) is 1. The van der Waals surface area contributed by atoms with Crippen molar-refractivity contribution in [3.63, 3.8) is 0 Å². The summed E-state index contributed by atoms with van der Waals surface area (Å²) in [6.45, 7) is 3.00. The van der Waals surface area contributed by atoms with Crippen molar-refractivity contribution in [3.8, 4) is 0 Å². The van der Waals surface area contributed by atoms with Crippen molar-refractivity contribution in [1.29, 1.82) is 0 Å². The predicted octanol–water partition coefficient (Wildman–Crippen LogP) is 2.05. The molecule has 0 aliphatic carbocycles. The lowest BCUT2D eigenvalue weighted by Crippen LogP contribution is -1.75. The Balaban J connectivity index is 2.69. The van der Waals surface area contributed by atoms with E-state index in [2.05, 4.69) is 11.9 Å². The SMILES string of the molecule is CCCCN=CCl. The Kier molecular flexibility index (Phi) is 5.93. The summed E-state index contributed by atoms with van der Waals surface area (Å²) in [5, 5.41) is 0. The average molecular weight is 120 g/mol. The van der Waals surface area contributed by atoms with E-state index in [1.54, 1.807) is 0 Å². The molecule has 0 aromatic heterocycles. The van der Waals surface area contributed by atoms with E-state index >= 15 is 0 Å². The van der Waals surface area contributed by atoms with Gasteiger partial charge in [-0.2, -0.15) is 0 Å². The van der Waals surface area contributed by atoms with Crippen LogP contribution in [-0.4, -0.2) is 12.2 Å². The summed E-state index contributed by atoms with van der Waals surface area (Å²) in [5.74, 6) is 0. The minimum Gasteiger partial charge on any atom is -0.281 e. The molecule has 0 spiro atoms. The Morgan fingerprint density at radius 1 is 1.71 bits per heavy atom. The van der Waals surface area contributed by atoms with Gasteiger partial charge in [0.2, 0.25) is 0 Å². The Labute approximate surface area is 49.4 Å². The van der Waals surface area contributed by atoms with Crippen molar-refractivity contribution in [2.45, 2.75) is 19.8 Å². The van der Waals surface area contributed by atoms with E-state index in [4.69, 9.17) is 11.6 Å². The summed E-state index contributed by atoms with van der Waals surface area (Å²) in [6, 6.07) is 0. The summed E-state index contributed by atoms with van der Waals surface area (Å²) in [7, 11) is 0. The van der Waals surface area contributed by atoms with Gasteiger partial charge in [-0.15, -0.1) is 0 Å². The molecular formula is C5H10ClN. The fourth-order valence-electron chi connectivity index (χ4n) is 0.298. The number of unbranched alkanes of at least 4 members (excludes halogenated alkanes) is 1. The quantitative estimate of drug-likeness (QED) is 0.398. The molecule has 0 radical (unpaired) electrons. The van der Waals surface area contributed by atoms with E-state index in [0.29, 0.717) is 0 Å². The predicted molar refractivity (Wildman–Crippen MR) is 34.1 cm³/mol. The number of hydrogen-bond donors (Lipinski definition) is 0. The van der Waals surface area contributed by atoms with Gasteiger partial charge in [0, 0.05) is 6.54 Å². The molecule has 0 rings (SSSR count). The highest BCUT2D eigenvalue weighted by Crippen LogP contribution is 1.85. The van der Waals surface area contributed by atoms with Crippen molar-refractivity contribution >= 4 is 17.3 Å². The monoisotopic (exact) mass is 119 g/mol. The number of halogens is 1. The van der Waals surface area contributed by atoms with Gasteiger partial charge in [-0.25, -0.2) is 0 Å². The van der Waals surface area contributed by atoms with Gasteiger partial charge >= 0.3 is 0 Å². The standard InChI is InChI=1S/C5H10ClN/c1-2-3-4-7-5-6/h5H,2-4H2,1H3. The first-order valence-electron chi connectivity index (χ1n) is 2.50. The van der Waals surface area contributed by atoms with Crippen LogP contribution in [0.15, 0.2) is 4.99 Å². The van der Waals surface area contributed by atoms with Crippen LogP contribution in [0.2, 0.25) is 0 Å². The molecule has 1 nitrogen and oxygen atoms in total. The highest BCUT2D eigenvalue weighted by Gasteiger charge is 1.74. The maximum atomic E-state index is 5.15. The van der Waals surface area contributed by atoms with E-state index in [9.17, 15) is 0 Å². The smallest absolute Gasteiger partial charge is 0.0871 e. The average Bonchev–Trinajstić information content (AvgIpc) is 1.69. The molecule has 0 amide bonds. The molecule has 0 atom stereocenters. The molecule has 0 bridgehead atoms. The molecule has 0 aliphatic rings. The van der Waals surface area contributed by atoms with Crippen LogP contribution >= 0.6 is 11.6 Å². The van der Waals surface area contributed by atoms with Crippen molar-refractivity contribution < 1.29 is 0 Å². The van der Waals surface area contributed by atoms with Gasteiger partial charge < -0.3 is 0 Å². The second kappa shape index (κ2) is 5.96. The van der Waals surface area contributed by atoms with Crippen molar-refractivity contribution in [2.75, 3.05) is 6.54 Å². The van der Waals surface area contributed by atoms with Gasteiger partial charge in [0.05, 0.1) is 5.67 Å². The topological polar surface area (TPSA) is 12.4 Å². The fourth-order valence-corrected chi connectivity index (χ4v) is 0.396. The van der Waals surface area contributed by atoms with Gasteiger partial charge in [0.1, 0.15) is 0 Å². The second-order valence-corrected chi connectivity index (χ2v) is 1.55. The normalized spacial score (nSPS) is 10.6.